The van der Waals surface area contributed by atoms with Gasteiger partial charge in [-0.1, -0.05) is 12.1 Å². The molecule has 1 N–H and O–H groups in total. The lowest BCUT2D eigenvalue weighted by molar-refractivity contribution is 0.0693. The van der Waals surface area contributed by atoms with Crippen molar-refractivity contribution in [1.82, 2.24) is 0 Å². The topological polar surface area (TPSA) is 37.3 Å². The Morgan fingerprint density at radius 1 is 1.38 bits per heavy atom. The van der Waals surface area contributed by atoms with Gasteiger partial charge in [-0.15, -0.1) is 0 Å². The molecule has 1 heterocycles. The molecule has 3 heteroatoms. The number of carbonyl (C=O) groups is 1. The number of rotatable bonds is 2. The quantitative estimate of drug-likeness (QED) is 0.736. The molecular weight excluding hydrogens is 184 g/mol. The van der Waals surface area contributed by atoms with Crippen molar-refractivity contribution in [2.24, 2.45) is 0 Å². The Morgan fingerprint density at radius 3 is 2.54 bits per heavy atom. The fourth-order valence-corrected chi connectivity index (χ4v) is 3.95. The predicted octanol–water partition coefficient (Wildman–Crippen LogP) is 2.19. The number of carboxylic acids is 1. The highest BCUT2D eigenvalue weighted by Crippen LogP contribution is 2.65. The maximum Gasteiger partial charge on any atom is 0.336 e. The third-order valence-corrected chi connectivity index (χ3v) is 5.52. The SMILES string of the molecule is CS1(c2ccccc2C(=O)O)CC1. The van der Waals surface area contributed by atoms with Gasteiger partial charge < -0.3 is 5.11 Å². The van der Waals surface area contributed by atoms with Gasteiger partial charge in [0.1, 0.15) is 0 Å². The molecule has 0 radical (unpaired) electrons. The Morgan fingerprint density at radius 2 is 2.00 bits per heavy atom. The van der Waals surface area contributed by atoms with Crippen LogP contribution in [0.3, 0.4) is 0 Å². The Bertz CT molecular complexity index is 356. The van der Waals surface area contributed by atoms with E-state index in [2.05, 4.69) is 6.26 Å². The van der Waals surface area contributed by atoms with Gasteiger partial charge in [0.25, 0.3) is 0 Å². The molecule has 1 saturated heterocycles. The van der Waals surface area contributed by atoms with Gasteiger partial charge in [-0.05, 0) is 29.9 Å². The van der Waals surface area contributed by atoms with Crippen LogP contribution in [0.4, 0.5) is 0 Å². The minimum Gasteiger partial charge on any atom is -0.478 e. The molecule has 0 unspecified atom stereocenters. The summed E-state index contributed by atoms with van der Waals surface area (Å²) < 4.78 is 0. The molecule has 0 amide bonds. The van der Waals surface area contributed by atoms with Crippen LogP contribution < -0.4 is 0 Å². The monoisotopic (exact) mass is 196 g/mol. The van der Waals surface area contributed by atoms with E-state index < -0.39 is 16.0 Å². The highest BCUT2D eigenvalue weighted by atomic mass is 32.3. The van der Waals surface area contributed by atoms with E-state index in [0.29, 0.717) is 5.56 Å². The van der Waals surface area contributed by atoms with E-state index in [1.165, 1.54) is 11.5 Å². The van der Waals surface area contributed by atoms with Crippen molar-refractivity contribution in [3.8, 4) is 0 Å². The van der Waals surface area contributed by atoms with Crippen molar-refractivity contribution in [3.63, 3.8) is 0 Å². The highest BCUT2D eigenvalue weighted by Gasteiger charge is 2.35. The Labute approximate surface area is 78.9 Å². The average molecular weight is 196 g/mol. The van der Waals surface area contributed by atoms with E-state index >= 15 is 0 Å². The molecule has 1 aromatic carbocycles. The molecule has 0 saturated carbocycles. The molecule has 13 heavy (non-hydrogen) atoms. The number of benzene rings is 1. The first-order valence-corrected chi connectivity index (χ1v) is 6.57. The fourth-order valence-electron chi connectivity index (χ4n) is 1.42. The van der Waals surface area contributed by atoms with E-state index in [4.69, 9.17) is 5.11 Å². The van der Waals surface area contributed by atoms with Crippen LogP contribution in [-0.2, 0) is 0 Å². The molecule has 1 aliphatic heterocycles. The Kier molecular flexibility index (Phi) is 1.84. The summed E-state index contributed by atoms with van der Waals surface area (Å²) in [5, 5.41) is 8.97. The van der Waals surface area contributed by atoms with Crippen LogP contribution in [0.5, 0.6) is 0 Å². The summed E-state index contributed by atoms with van der Waals surface area (Å²) in [6.07, 6.45) is 2.20. The van der Waals surface area contributed by atoms with Crippen LogP contribution in [0, 0.1) is 0 Å². The van der Waals surface area contributed by atoms with Gasteiger partial charge in [0.2, 0.25) is 0 Å². The lowest BCUT2D eigenvalue weighted by Crippen LogP contribution is -2.00. The van der Waals surface area contributed by atoms with Crippen molar-refractivity contribution in [1.29, 1.82) is 0 Å². The van der Waals surface area contributed by atoms with Gasteiger partial charge >= 0.3 is 5.97 Å². The zero-order valence-electron chi connectivity index (χ0n) is 7.49. The van der Waals surface area contributed by atoms with E-state index in [-0.39, 0.29) is 0 Å². The first-order valence-electron chi connectivity index (χ1n) is 4.19. The summed E-state index contributed by atoms with van der Waals surface area (Å²) in [6, 6.07) is 7.39. The van der Waals surface area contributed by atoms with Crippen molar-refractivity contribution in [2.75, 3.05) is 17.8 Å². The lowest BCUT2D eigenvalue weighted by atomic mass is 10.2. The molecule has 2 rings (SSSR count). The van der Waals surface area contributed by atoms with E-state index in [1.807, 2.05) is 12.1 Å². The highest BCUT2D eigenvalue weighted by molar-refractivity contribution is 8.39. The summed E-state index contributed by atoms with van der Waals surface area (Å²) in [5.74, 6) is 1.59. The molecule has 0 spiro atoms. The molecule has 0 atom stereocenters. The number of carboxylic acid groups (broad SMARTS) is 1. The first-order chi connectivity index (χ1) is 6.13. The Balaban J connectivity index is 2.50. The summed E-state index contributed by atoms with van der Waals surface area (Å²) in [7, 11) is -0.709. The summed E-state index contributed by atoms with van der Waals surface area (Å²) in [4.78, 5) is 12.0. The van der Waals surface area contributed by atoms with Crippen LogP contribution in [0.25, 0.3) is 0 Å². The van der Waals surface area contributed by atoms with Crippen LogP contribution in [0.1, 0.15) is 10.4 Å². The largest absolute Gasteiger partial charge is 0.478 e. The third-order valence-electron chi connectivity index (χ3n) is 2.46. The molecule has 0 aliphatic carbocycles. The lowest BCUT2D eigenvalue weighted by Gasteiger charge is -2.16. The first kappa shape index (κ1) is 8.63. The molecular formula is C10H12O2S. The van der Waals surface area contributed by atoms with Gasteiger partial charge in [-0.25, -0.2) is 14.8 Å². The van der Waals surface area contributed by atoms with Gasteiger partial charge in [-0.3, -0.25) is 0 Å². The van der Waals surface area contributed by atoms with E-state index in [1.54, 1.807) is 12.1 Å². The zero-order valence-corrected chi connectivity index (χ0v) is 8.30. The van der Waals surface area contributed by atoms with Gasteiger partial charge in [0.05, 0.1) is 5.56 Å². The second-order valence-corrected chi connectivity index (χ2v) is 7.29. The van der Waals surface area contributed by atoms with Crippen molar-refractivity contribution < 1.29 is 9.90 Å². The van der Waals surface area contributed by atoms with E-state index in [9.17, 15) is 4.79 Å². The molecule has 0 bridgehead atoms. The molecule has 0 aromatic heterocycles. The van der Waals surface area contributed by atoms with Gasteiger partial charge in [-0.2, -0.15) is 0 Å². The molecule has 1 aliphatic rings. The summed E-state index contributed by atoms with van der Waals surface area (Å²) in [5.41, 5.74) is 0.498. The van der Waals surface area contributed by atoms with Crippen LogP contribution >= 0.6 is 10.0 Å². The molecule has 70 valence electrons. The van der Waals surface area contributed by atoms with Crippen molar-refractivity contribution in [3.05, 3.63) is 29.8 Å². The van der Waals surface area contributed by atoms with Gasteiger partial charge in [0, 0.05) is 4.90 Å². The minimum atomic E-state index is -0.795. The molecule has 1 aromatic rings. The normalized spacial score (nSPS) is 20.7. The van der Waals surface area contributed by atoms with Crippen LogP contribution in [-0.4, -0.2) is 28.8 Å². The predicted molar refractivity (Wildman–Crippen MR) is 54.9 cm³/mol. The van der Waals surface area contributed by atoms with Crippen LogP contribution in [0.2, 0.25) is 0 Å². The van der Waals surface area contributed by atoms with Crippen molar-refractivity contribution >= 4 is 16.0 Å². The minimum absolute atomic E-state index is 0.498. The molecule has 2 nitrogen and oxygen atoms in total. The summed E-state index contributed by atoms with van der Waals surface area (Å²) in [6.45, 7) is 0. The maximum atomic E-state index is 10.9. The number of aromatic carboxylic acids is 1. The third kappa shape index (κ3) is 1.44. The second kappa shape index (κ2) is 2.77. The molecule has 1 fully saturated rings. The summed E-state index contributed by atoms with van der Waals surface area (Å²) >= 11 is 0. The Hall–Kier alpha value is -0.960. The van der Waals surface area contributed by atoms with E-state index in [0.717, 1.165) is 4.90 Å². The second-order valence-electron chi connectivity index (χ2n) is 3.48. The maximum absolute atomic E-state index is 10.9. The number of hydrogen-bond donors (Lipinski definition) is 1. The average Bonchev–Trinajstić information content (AvgIpc) is 2.85. The standard InChI is InChI=1S/C10H12O2S/c1-13(6-7-13)9-5-3-2-4-8(9)10(11)12/h2-5H,6-7H2,1H3,(H,11,12). The number of hydrogen-bond acceptors (Lipinski definition) is 1. The smallest absolute Gasteiger partial charge is 0.336 e. The van der Waals surface area contributed by atoms with Gasteiger partial charge in [0.15, 0.2) is 0 Å². The zero-order chi connectivity index (χ0) is 9.47. The van der Waals surface area contributed by atoms with Crippen molar-refractivity contribution in [2.45, 2.75) is 4.90 Å². The van der Waals surface area contributed by atoms with Crippen LogP contribution in [0.15, 0.2) is 29.2 Å². The fraction of sp³-hybridized carbons (Fsp3) is 0.300.